The Labute approximate surface area is 116 Å². The number of nitrogens with zero attached hydrogens (tertiary/aromatic N) is 1. The predicted octanol–water partition coefficient (Wildman–Crippen LogP) is 1.80. The molecule has 1 aromatic rings. The third kappa shape index (κ3) is 3.71. The van der Waals surface area contributed by atoms with E-state index in [1.54, 1.807) is 0 Å². The molecule has 1 heterocycles. The molecule has 2 rings (SSSR count). The summed E-state index contributed by atoms with van der Waals surface area (Å²) in [5.74, 6) is -0.995. The molecule has 1 amide bonds. The quantitative estimate of drug-likeness (QED) is 0.858. The smallest absolute Gasteiger partial charge is 0.407 e. The number of amides is 1. The molecule has 0 aliphatic carbocycles. The number of hydrogen-bond acceptors (Lipinski definition) is 3. The molecule has 0 aromatic heterocycles. The average Bonchev–Trinajstić information content (AvgIpc) is 2.80. The van der Waals surface area contributed by atoms with Crippen molar-refractivity contribution in [2.45, 2.75) is 31.6 Å². The highest BCUT2D eigenvalue weighted by Crippen LogP contribution is 2.23. The van der Waals surface area contributed by atoms with E-state index in [0.717, 1.165) is 10.5 Å². The molecule has 6 nitrogen and oxygen atoms in total. The van der Waals surface area contributed by atoms with Crippen LogP contribution in [0.3, 0.4) is 0 Å². The summed E-state index contributed by atoms with van der Waals surface area (Å²) in [7, 11) is 0. The summed E-state index contributed by atoms with van der Waals surface area (Å²) in [5.41, 5.74) is 1.01. The first-order valence-electron chi connectivity index (χ1n) is 6.43. The van der Waals surface area contributed by atoms with Gasteiger partial charge in [0.2, 0.25) is 0 Å². The van der Waals surface area contributed by atoms with E-state index in [2.05, 4.69) is 0 Å². The van der Waals surface area contributed by atoms with Crippen LogP contribution in [0.25, 0.3) is 0 Å². The largest absolute Gasteiger partial charge is 0.481 e. The van der Waals surface area contributed by atoms with E-state index in [0.29, 0.717) is 13.0 Å². The van der Waals surface area contributed by atoms with Crippen LogP contribution in [0, 0.1) is 0 Å². The molecule has 1 aromatic carbocycles. The zero-order valence-corrected chi connectivity index (χ0v) is 10.9. The number of carboxylic acids is 1. The van der Waals surface area contributed by atoms with Gasteiger partial charge in [-0.1, -0.05) is 30.3 Å². The zero-order chi connectivity index (χ0) is 14.5. The van der Waals surface area contributed by atoms with Gasteiger partial charge in [0.15, 0.2) is 0 Å². The highest BCUT2D eigenvalue weighted by Gasteiger charge is 2.36. The number of benzene rings is 1. The maximum absolute atomic E-state index is 11.1. The number of hydrogen-bond donors (Lipinski definition) is 2. The summed E-state index contributed by atoms with van der Waals surface area (Å²) < 4.78 is 5.68. The molecule has 0 bridgehead atoms. The molecule has 2 unspecified atom stereocenters. The Morgan fingerprint density at radius 2 is 1.95 bits per heavy atom. The lowest BCUT2D eigenvalue weighted by atomic mass is 10.1. The van der Waals surface area contributed by atoms with E-state index in [1.807, 2.05) is 30.3 Å². The van der Waals surface area contributed by atoms with Gasteiger partial charge >= 0.3 is 12.1 Å². The van der Waals surface area contributed by atoms with Crippen molar-refractivity contribution < 1.29 is 24.5 Å². The number of rotatable bonds is 5. The summed E-state index contributed by atoms with van der Waals surface area (Å²) in [5, 5.41) is 17.9. The van der Waals surface area contributed by atoms with Crippen LogP contribution in [-0.4, -0.2) is 45.9 Å². The summed E-state index contributed by atoms with van der Waals surface area (Å²) in [6.07, 6.45) is -1.11. The van der Waals surface area contributed by atoms with Gasteiger partial charge in [-0.15, -0.1) is 0 Å². The number of carbonyl (C=O) groups is 2. The second-order valence-electron chi connectivity index (χ2n) is 4.84. The molecule has 1 aliphatic heterocycles. The van der Waals surface area contributed by atoms with Crippen LogP contribution in [-0.2, 0) is 16.1 Å². The molecule has 2 atom stereocenters. The molecular formula is C14H17NO5. The third-order valence-corrected chi connectivity index (χ3v) is 3.36. The fraction of sp³-hybridized carbons (Fsp3) is 0.429. The maximum atomic E-state index is 11.1. The molecule has 108 valence electrons. The van der Waals surface area contributed by atoms with E-state index in [1.165, 1.54) is 0 Å². The van der Waals surface area contributed by atoms with Crippen molar-refractivity contribution in [1.82, 2.24) is 4.90 Å². The summed E-state index contributed by atoms with van der Waals surface area (Å²) in [6, 6.07) is 9.07. The number of carboxylic acid groups (broad SMARTS) is 2. The molecule has 1 fully saturated rings. The minimum absolute atomic E-state index is 0.183. The van der Waals surface area contributed by atoms with Crippen molar-refractivity contribution in [3.8, 4) is 0 Å². The Kier molecular flexibility index (Phi) is 4.57. The first-order valence-corrected chi connectivity index (χ1v) is 6.43. The van der Waals surface area contributed by atoms with Gasteiger partial charge in [0.05, 0.1) is 25.7 Å². The van der Waals surface area contributed by atoms with Crippen LogP contribution < -0.4 is 0 Å². The Bertz CT molecular complexity index is 476. The first-order chi connectivity index (χ1) is 9.56. The van der Waals surface area contributed by atoms with Crippen LogP contribution in [0.1, 0.15) is 18.4 Å². The molecule has 6 heteroatoms. The van der Waals surface area contributed by atoms with Crippen LogP contribution >= 0.6 is 0 Å². The number of ether oxygens (including phenoxy) is 1. The normalized spacial score (nSPS) is 21.9. The summed E-state index contributed by atoms with van der Waals surface area (Å²) in [4.78, 5) is 23.0. The van der Waals surface area contributed by atoms with Gasteiger partial charge < -0.3 is 19.8 Å². The van der Waals surface area contributed by atoms with Crippen LogP contribution in [0.4, 0.5) is 4.79 Å². The highest BCUT2D eigenvalue weighted by atomic mass is 16.5. The summed E-state index contributed by atoms with van der Waals surface area (Å²) in [6.45, 7) is 0.624. The number of aliphatic carboxylic acids is 1. The standard InChI is InChI=1S/C14H17NO5/c16-13(17)7-11-6-12(8-15(11)14(18)19)20-9-10-4-2-1-3-5-10/h1-5,11-12H,6-9H2,(H,16,17)(H,18,19). The molecule has 0 saturated carbocycles. The van der Waals surface area contributed by atoms with Crippen LogP contribution in [0.2, 0.25) is 0 Å². The van der Waals surface area contributed by atoms with Crippen molar-refractivity contribution in [3.63, 3.8) is 0 Å². The first kappa shape index (κ1) is 14.3. The van der Waals surface area contributed by atoms with Gasteiger partial charge in [-0.05, 0) is 12.0 Å². The topological polar surface area (TPSA) is 87.1 Å². The highest BCUT2D eigenvalue weighted by molar-refractivity contribution is 5.71. The van der Waals surface area contributed by atoms with Gasteiger partial charge in [-0.2, -0.15) is 0 Å². The minimum Gasteiger partial charge on any atom is -0.481 e. The SMILES string of the molecule is O=C(O)CC1CC(OCc2ccccc2)CN1C(=O)O. The molecule has 0 spiro atoms. The lowest BCUT2D eigenvalue weighted by Crippen LogP contribution is -2.36. The van der Waals surface area contributed by atoms with Crippen molar-refractivity contribution in [2.75, 3.05) is 6.54 Å². The van der Waals surface area contributed by atoms with Gasteiger partial charge in [0, 0.05) is 6.04 Å². The van der Waals surface area contributed by atoms with E-state index in [-0.39, 0.29) is 19.1 Å². The third-order valence-electron chi connectivity index (χ3n) is 3.36. The van der Waals surface area contributed by atoms with Crippen LogP contribution in [0.5, 0.6) is 0 Å². The second-order valence-corrected chi connectivity index (χ2v) is 4.84. The minimum atomic E-state index is -1.10. The van der Waals surface area contributed by atoms with E-state index in [9.17, 15) is 9.59 Å². The van der Waals surface area contributed by atoms with Gasteiger partial charge in [-0.3, -0.25) is 4.79 Å². The molecule has 20 heavy (non-hydrogen) atoms. The van der Waals surface area contributed by atoms with Crippen molar-refractivity contribution in [1.29, 1.82) is 0 Å². The average molecular weight is 279 g/mol. The van der Waals surface area contributed by atoms with E-state index >= 15 is 0 Å². The monoisotopic (exact) mass is 279 g/mol. The Balaban J connectivity index is 1.90. The fourth-order valence-corrected chi connectivity index (χ4v) is 2.41. The maximum Gasteiger partial charge on any atom is 0.407 e. The fourth-order valence-electron chi connectivity index (χ4n) is 2.41. The predicted molar refractivity (Wildman–Crippen MR) is 70.4 cm³/mol. The lowest BCUT2D eigenvalue weighted by Gasteiger charge is -2.18. The molecule has 0 radical (unpaired) electrons. The lowest BCUT2D eigenvalue weighted by molar-refractivity contribution is -0.138. The van der Waals surface area contributed by atoms with Crippen molar-refractivity contribution in [3.05, 3.63) is 35.9 Å². The molecule has 2 N–H and O–H groups in total. The second kappa shape index (κ2) is 6.38. The van der Waals surface area contributed by atoms with Crippen LogP contribution in [0.15, 0.2) is 30.3 Å². The van der Waals surface area contributed by atoms with E-state index < -0.39 is 18.1 Å². The van der Waals surface area contributed by atoms with Gasteiger partial charge in [-0.25, -0.2) is 4.79 Å². The zero-order valence-electron chi connectivity index (χ0n) is 10.9. The summed E-state index contributed by atoms with van der Waals surface area (Å²) >= 11 is 0. The Hall–Kier alpha value is -2.08. The van der Waals surface area contributed by atoms with Crippen molar-refractivity contribution >= 4 is 12.1 Å². The van der Waals surface area contributed by atoms with Crippen molar-refractivity contribution in [2.24, 2.45) is 0 Å². The molecular weight excluding hydrogens is 262 g/mol. The van der Waals surface area contributed by atoms with Gasteiger partial charge in [0.1, 0.15) is 0 Å². The Morgan fingerprint density at radius 3 is 2.55 bits per heavy atom. The number of likely N-dealkylation sites (tertiary alicyclic amines) is 1. The molecule has 1 saturated heterocycles. The van der Waals surface area contributed by atoms with E-state index in [4.69, 9.17) is 14.9 Å². The molecule has 1 aliphatic rings. The van der Waals surface area contributed by atoms with Gasteiger partial charge in [0.25, 0.3) is 0 Å². The Morgan fingerprint density at radius 1 is 1.25 bits per heavy atom.